The number of fused-ring (bicyclic) bond motifs is 3. The highest BCUT2D eigenvalue weighted by Gasteiger charge is 2.76. The molecule has 5 aliphatic carbocycles. The molecule has 0 heterocycles. The molecule has 2 N–H and O–H groups in total. The van der Waals surface area contributed by atoms with Crippen molar-refractivity contribution in [2.75, 3.05) is 0 Å². The van der Waals surface area contributed by atoms with E-state index in [1.807, 2.05) is 13.0 Å². The van der Waals surface area contributed by atoms with Crippen LogP contribution in [0.1, 0.15) is 107 Å². The number of ketones is 5. The quantitative estimate of drug-likeness (QED) is 0.411. The zero-order valence-electron chi connectivity index (χ0n) is 26.5. The van der Waals surface area contributed by atoms with Crippen molar-refractivity contribution in [1.82, 2.24) is 0 Å². The molecule has 0 radical (unpaired) electrons. The first-order valence-electron chi connectivity index (χ1n) is 16.3. The molecule has 44 heavy (non-hydrogen) atoms. The predicted molar refractivity (Wildman–Crippen MR) is 165 cm³/mol. The van der Waals surface area contributed by atoms with Gasteiger partial charge >= 0.3 is 0 Å². The third kappa shape index (κ3) is 4.21. The Morgan fingerprint density at radius 3 is 2.32 bits per heavy atom. The number of phenols is 1. The van der Waals surface area contributed by atoms with Gasteiger partial charge in [0.15, 0.2) is 28.7 Å². The van der Waals surface area contributed by atoms with Crippen molar-refractivity contribution in [3.05, 3.63) is 46.5 Å². The number of carbonyl (C=O) groups is 5. The van der Waals surface area contributed by atoms with Crippen molar-refractivity contribution in [3.63, 3.8) is 0 Å². The van der Waals surface area contributed by atoms with Gasteiger partial charge in [0.05, 0.1) is 11.5 Å². The van der Waals surface area contributed by atoms with Crippen molar-refractivity contribution in [2.45, 2.75) is 98.0 Å². The van der Waals surface area contributed by atoms with E-state index in [0.29, 0.717) is 11.5 Å². The molecule has 3 unspecified atom stereocenters. The number of aromatic hydroxyl groups is 1. The molecule has 0 aromatic heterocycles. The second-order valence-electron chi connectivity index (χ2n) is 15.2. The maximum Gasteiger partial charge on any atom is 0.190 e. The molecule has 0 amide bonds. The molecule has 0 saturated heterocycles. The molecular formula is C37H44O7. The zero-order valence-corrected chi connectivity index (χ0v) is 26.5. The topological polar surface area (TPSA) is 126 Å². The molecule has 3 saturated carbocycles. The fraction of sp³-hybridized carbons (Fsp3) is 0.595. The number of phenolic OH excluding ortho intramolecular Hbond substituents is 1. The molecule has 1 aromatic carbocycles. The lowest BCUT2D eigenvalue weighted by molar-refractivity contribution is -0.205. The van der Waals surface area contributed by atoms with E-state index in [-0.39, 0.29) is 30.1 Å². The highest BCUT2D eigenvalue weighted by Crippen LogP contribution is 2.64. The van der Waals surface area contributed by atoms with Crippen LogP contribution >= 0.6 is 0 Å². The predicted octanol–water partition coefficient (Wildman–Crippen LogP) is 5.78. The molecule has 234 valence electrons. The molecule has 0 bridgehead atoms. The van der Waals surface area contributed by atoms with E-state index in [1.165, 1.54) is 43.7 Å². The second kappa shape index (κ2) is 10.4. The van der Waals surface area contributed by atoms with Crippen LogP contribution in [0.25, 0.3) is 5.57 Å². The van der Waals surface area contributed by atoms with Crippen molar-refractivity contribution in [3.8, 4) is 5.75 Å². The van der Waals surface area contributed by atoms with Crippen LogP contribution in [0.5, 0.6) is 5.75 Å². The Labute approximate surface area is 259 Å². The SMILES string of the molecule is CC(=O)C1C(=O)C(C(C)C)[C@@]2(C)C[C@@]3(C)Cc4c(C5=CC=C(CC6CCCCC6)C5)ccc(O)c4C(=O)C3C(=O)[C@@]2(O)C1=O. The number of rotatable bonds is 5. The first-order valence-corrected chi connectivity index (χ1v) is 16.3. The van der Waals surface area contributed by atoms with Crippen LogP contribution < -0.4 is 0 Å². The minimum Gasteiger partial charge on any atom is -0.507 e. The summed E-state index contributed by atoms with van der Waals surface area (Å²) in [6.45, 7) is 8.14. The van der Waals surface area contributed by atoms with Crippen LogP contribution in [0.2, 0.25) is 0 Å². The molecule has 6 rings (SSSR count). The van der Waals surface area contributed by atoms with Gasteiger partial charge in [-0.1, -0.05) is 83.6 Å². The van der Waals surface area contributed by atoms with Gasteiger partial charge in [-0.15, -0.1) is 0 Å². The van der Waals surface area contributed by atoms with E-state index < -0.39 is 63.1 Å². The van der Waals surface area contributed by atoms with Crippen LogP contribution in [-0.4, -0.2) is 44.7 Å². The van der Waals surface area contributed by atoms with E-state index in [0.717, 1.165) is 30.9 Å². The van der Waals surface area contributed by atoms with Gasteiger partial charge in [0.1, 0.15) is 17.5 Å². The molecule has 5 aliphatic rings. The first kappa shape index (κ1) is 30.8. The molecule has 6 atom stereocenters. The lowest BCUT2D eigenvalue weighted by atomic mass is 9.40. The van der Waals surface area contributed by atoms with Gasteiger partial charge in [-0.05, 0) is 72.6 Å². The van der Waals surface area contributed by atoms with E-state index in [2.05, 4.69) is 12.2 Å². The molecule has 1 aromatic rings. The Kier molecular flexibility index (Phi) is 7.31. The number of aliphatic hydroxyl groups is 1. The molecule has 3 fully saturated rings. The van der Waals surface area contributed by atoms with Gasteiger partial charge < -0.3 is 10.2 Å². The number of benzene rings is 1. The normalized spacial score (nSPS) is 35.7. The van der Waals surface area contributed by atoms with Crippen LogP contribution in [0, 0.1) is 40.4 Å². The smallest absolute Gasteiger partial charge is 0.190 e. The molecular weight excluding hydrogens is 556 g/mol. The highest BCUT2D eigenvalue weighted by atomic mass is 16.3. The number of Topliss-reactive ketones (excluding diaryl/α,β-unsaturated/α-hetero) is 5. The summed E-state index contributed by atoms with van der Waals surface area (Å²) in [7, 11) is 0. The lowest BCUT2D eigenvalue weighted by Gasteiger charge is -2.61. The fourth-order valence-corrected chi connectivity index (χ4v) is 10.1. The van der Waals surface area contributed by atoms with E-state index in [1.54, 1.807) is 20.8 Å². The minimum atomic E-state index is -2.68. The van der Waals surface area contributed by atoms with Gasteiger partial charge in [-0.2, -0.15) is 0 Å². The Morgan fingerprint density at radius 2 is 1.68 bits per heavy atom. The third-order valence-electron chi connectivity index (χ3n) is 11.8. The maximum atomic E-state index is 14.5. The van der Waals surface area contributed by atoms with E-state index in [4.69, 9.17) is 0 Å². The van der Waals surface area contributed by atoms with Crippen LogP contribution in [0.15, 0.2) is 29.9 Å². The fourth-order valence-electron chi connectivity index (χ4n) is 10.1. The highest BCUT2D eigenvalue weighted by molar-refractivity contribution is 6.32. The number of hydrogen-bond acceptors (Lipinski definition) is 7. The van der Waals surface area contributed by atoms with Crippen molar-refractivity contribution >= 4 is 34.5 Å². The molecule has 7 heteroatoms. The standard InChI is InChI=1S/C37H44O7/c1-19(2)29-31(40)27(20(3)38)33(42)37(44)34(43)30-32(41)28-25(17-35(30,4)18-36(29,37)5)24(13-14-26(28)39)23-12-11-22(16-23)15-21-9-7-6-8-10-21/h11-14,19,21,27,29-30,39,44H,6-10,15-18H2,1-5H3/t27?,29?,30?,35-,36-,37+/m1/s1. The summed E-state index contributed by atoms with van der Waals surface area (Å²) in [4.78, 5) is 68.9. The number of hydrogen-bond donors (Lipinski definition) is 2. The number of allylic oxidation sites excluding steroid dienone is 4. The zero-order chi connectivity index (χ0) is 31.9. The summed E-state index contributed by atoms with van der Waals surface area (Å²) in [5, 5.41) is 23.2. The lowest BCUT2D eigenvalue weighted by Crippen LogP contribution is -2.76. The van der Waals surface area contributed by atoms with Gasteiger partial charge in [0.25, 0.3) is 0 Å². The summed E-state index contributed by atoms with van der Waals surface area (Å²) in [5.41, 5.74) is -1.18. The Hall–Kier alpha value is -3.19. The average Bonchev–Trinajstić information content (AvgIpc) is 3.39. The number of carbonyl (C=O) groups excluding carboxylic acids is 5. The first-order chi connectivity index (χ1) is 20.7. The van der Waals surface area contributed by atoms with Crippen LogP contribution in [-0.2, 0) is 25.6 Å². The Balaban J connectivity index is 1.41. The molecule has 0 aliphatic heterocycles. The van der Waals surface area contributed by atoms with Crippen molar-refractivity contribution < 1.29 is 34.2 Å². The average molecular weight is 601 g/mol. The van der Waals surface area contributed by atoms with Crippen LogP contribution in [0.4, 0.5) is 0 Å². The third-order valence-corrected chi connectivity index (χ3v) is 11.8. The molecule has 7 nitrogen and oxygen atoms in total. The molecule has 0 spiro atoms. The van der Waals surface area contributed by atoms with E-state index in [9.17, 15) is 34.2 Å². The van der Waals surface area contributed by atoms with Crippen molar-refractivity contribution in [2.24, 2.45) is 40.4 Å². The van der Waals surface area contributed by atoms with E-state index >= 15 is 0 Å². The van der Waals surface area contributed by atoms with Gasteiger partial charge in [0, 0.05) is 11.3 Å². The van der Waals surface area contributed by atoms with Gasteiger partial charge in [-0.25, -0.2) is 0 Å². The summed E-state index contributed by atoms with van der Waals surface area (Å²) < 4.78 is 0. The van der Waals surface area contributed by atoms with Gasteiger partial charge in [0.2, 0.25) is 0 Å². The summed E-state index contributed by atoms with van der Waals surface area (Å²) >= 11 is 0. The Bertz CT molecular complexity index is 1560. The summed E-state index contributed by atoms with van der Waals surface area (Å²) in [5.74, 6) is -7.96. The van der Waals surface area contributed by atoms with Crippen LogP contribution in [0.3, 0.4) is 0 Å². The van der Waals surface area contributed by atoms with Crippen molar-refractivity contribution in [1.29, 1.82) is 0 Å². The summed E-state index contributed by atoms with van der Waals surface area (Å²) in [6, 6.07) is 3.34. The largest absolute Gasteiger partial charge is 0.507 e. The second-order valence-corrected chi connectivity index (χ2v) is 15.2. The Morgan fingerprint density at radius 1 is 1.00 bits per heavy atom. The van der Waals surface area contributed by atoms with Gasteiger partial charge in [-0.3, -0.25) is 24.0 Å². The summed E-state index contributed by atoms with van der Waals surface area (Å²) in [6.07, 6.45) is 12.8. The maximum absolute atomic E-state index is 14.5. The minimum absolute atomic E-state index is 0.0579. The monoisotopic (exact) mass is 600 g/mol.